The van der Waals surface area contributed by atoms with Gasteiger partial charge in [0.2, 0.25) is 0 Å². The maximum atomic E-state index is 14.3. The molecule has 1 saturated heterocycles. The molecule has 0 saturated carbocycles. The molecule has 4 nitrogen and oxygen atoms in total. The van der Waals surface area contributed by atoms with Crippen LogP contribution in [-0.2, 0) is 11.2 Å². The largest absolute Gasteiger partial charge is 0.379 e. The first-order chi connectivity index (χ1) is 12.2. The number of ether oxygens (including phenoxy) is 1. The molecule has 6 heteroatoms. The van der Waals surface area contributed by atoms with Crippen molar-refractivity contribution in [1.82, 2.24) is 14.5 Å². The Kier molecular flexibility index (Phi) is 4.51. The third-order valence-electron chi connectivity index (χ3n) is 4.61. The van der Waals surface area contributed by atoms with E-state index in [1.807, 2.05) is 22.9 Å². The summed E-state index contributed by atoms with van der Waals surface area (Å²) in [7, 11) is 0. The highest BCUT2D eigenvalue weighted by Crippen LogP contribution is 2.33. The van der Waals surface area contributed by atoms with Gasteiger partial charge in [-0.05, 0) is 42.3 Å². The summed E-state index contributed by atoms with van der Waals surface area (Å²) in [6, 6.07) is 8.81. The number of rotatable bonds is 4. The molecule has 128 valence electrons. The van der Waals surface area contributed by atoms with Crippen LogP contribution in [0.3, 0.4) is 0 Å². The van der Waals surface area contributed by atoms with Crippen LogP contribution in [0.2, 0.25) is 5.02 Å². The van der Waals surface area contributed by atoms with Crippen molar-refractivity contribution in [2.75, 3.05) is 13.2 Å². The minimum absolute atomic E-state index is 0.112. The summed E-state index contributed by atoms with van der Waals surface area (Å²) in [6.45, 7) is 1.27. The number of aromatic nitrogens is 3. The van der Waals surface area contributed by atoms with Gasteiger partial charge in [-0.25, -0.2) is 9.37 Å². The van der Waals surface area contributed by atoms with Gasteiger partial charge >= 0.3 is 0 Å². The molecule has 3 aromatic rings. The Morgan fingerprint density at radius 3 is 2.80 bits per heavy atom. The van der Waals surface area contributed by atoms with Gasteiger partial charge in [0.1, 0.15) is 11.6 Å². The number of nitrogens with zero attached hydrogens (tertiary/aromatic N) is 3. The molecule has 1 fully saturated rings. The molecule has 0 aliphatic carbocycles. The highest BCUT2D eigenvalue weighted by molar-refractivity contribution is 6.30. The lowest BCUT2D eigenvalue weighted by Gasteiger charge is -2.21. The van der Waals surface area contributed by atoms with E-state index in [1.165, 1.54) is 11.6 Å². The SMILES string of the molecule is Fc1cc(Cl)ccc1-c1nccn1[C@@H]1COC[C@@H]1Cc1ccncc1. The minimum Gasteiger partial charge on any atom is -0.379 e. The van der Waals surface area contributed by atoms with Crippen molar-refractivity contribution in [3.05, 3.63) is 71.5 Å². The smallest absolute Gasteiger partial charge is 0.143 e. The fourth-order valence-corrected chi connectivity index (χ4v) is 3.53. The van der Waals surface area contributed by atoms with Crippen molar-refractivity contribution < 1.29 is 9.13 Å². The second-order valence-electron chi connectivity index (χ2n) is 6.21. The highest BCUT2D eigenvalue weighted by Gasteiger charge is 2.31. The first-order valence-electron chi connectivity index (χ1n) is 8.17. The average Bonchev–Trinajstić information content (AvgIpc) is 3.25. The third-order valence-corrected chi connectivity index (χ3v) is 4.85. The molecule has 1 aliphatic rings. The van der Waals surface area contributed by atoms with Crippen LogP contribution < -0.4 is 0 Å². The van der Waals surface area contributed by atoms with Crippen LogP contribution in [0.15, 0.2) is 55.1 Å². The van der Waals surface area contributed by atoms with E-state index in [4.69, 9.17) is 16.3 Å². The zero-order valence-corrected chi connectivity index (χ0v) is 14.2. The monoisotopic (exact) mass is 357 g/mol. The van der Waals surface area contributed by atoms with Crippen molar-refractivity contribution in [1.29, 1.82) is 0 Å². The molecule has 2 atom stereocenters. The topological polar surface area (TPSA) is 39.9 Å². The summed E-state index contributed by atoms with van der Waals surface area (Å²) in [4.78, 5) is 8.44. The first-order valence-corrected chi connectivity index (χ1v) is 8.55. The summed E-state index contributed by atoms with van der Waals surface area (Å²) >= 11 is 5.87. The molecule has 0 radical (unpaired) electrons. The Hall–Kier alpha value is -2.24. The van der Waals surface area contributed by atoms with Crippen molar-refractivity contribution in [2.45, 2.75) is 12.5 Å². The highest BCUT2D eigenvalue weighted by atomic mass is 35.5. The van der Waals surface area contributed by atoms with Gasteiger partial charge in [-0.3, -0.25) is 4.98 Å². The van der Waals surface area contributed by atoms with E-state index >= 15 is 0 Å². The van der Waals surface area contributed by atoms with Gasteiger partial charge in [-0.2, -0.15) is 0 Å². The molecule has 0 unspecified atom stereocenters. The lowest BCUT2D eigenvalue weighted by atomic mass is 9.95. The lowest BCUT2D eigenvalue weighted by molar-refractivity contribution is 0.181. The minimum atomic E-state index is -0.371. The zero-order chi connectivity index (χ0) is 17.2. The van der Waals surface area contributed by atoms with Crippen LogP contribution in [-0.4, -0.2) is 27.7 Å². The molecule has 0 N–H and O–H groups in total. The van der Waals surface area contributed by atoms with Gasteiger partial charge < -0.3 is 9.30 Å². The van der Waals surface area contributed by atoms with Gasteiger partial charge in [0.25, 0.3) is 0 Å². The van der Waals surface area contributed by atoms with Gasteiger partial charge in [0.15, 0.2) is 0 Å². The summed E-state index contributed by atoms with van der Waals surface area (Å²) in [5.74, 6) is 0.527. The van der Waals surface area contributed by atoms with E-state index in [9.17, 15) is 4.39 Å². The normalized spacial score (nSPS) is 20.1. The summed E-state index contributed by atoms with van der Waals surface area (Å²) < 4.78 is 22.1. The predicted octanol–water partition coefficient (Wildman–Crippen LogP) is 4.17. The Morgan fingerprint density at radius 2 is 2.00 bits per heavy atom. The molecular weight excluding hydrogens is 341 g/mol. The lowest BCUT2D eigenvalue weighted by Crippen LogP contribution is -2.20. The maximum Gasteiger partial charge on any atom is 0.143 e. The Balaban J connectivity index is 1.64. The Bertz CT molecular complexity index is 868. The first kappa shape index (κ1) is 16.2. The molecule has 0 amide bonds. The van der Waals surface area contributed by atoms with Gasteiger partial charge in [-0.15, -0.1) is 0 Å². The fraction of sp³-hybridized carbons (Fsp3) is 0.263. The number of imidazole rings is 1. The van der Waals surface area contributed by atoms with E-state index in [0.717, 1.165) is 6.42 Å². The second kappa shape index (κ2) is 6.94. The van der Waals surface area contributed by atoms with E-state index in [1.54, 1.807) is 30.7 Å². The van der Waals surface area contributed by atoms with E-state index in [-0.39, 0.29) is 11.9 Å². The molecule has 2 aromatic heterocycles. The molecular formula is C19H17ClFN3O. The van der Waals surface area contributed by atoms with E-state index < -0.39 is 0 Å². The average molecular weight is 358 g/mol. The third kappa shape index (κ3) is 3.30. The Morgan fingerprint density at radius 1 is 1.16 bits per heavy atom. The number of pyridine rings is 1. The molecule has 1 aliphatic heterocycles. The quantitative estimate of drug-likeness (QED) is 0.703. The van der Waals surface area contributed by atoms with Crippen LogP contribution in [0.4, 0.5) is 4.39 Å². The number of halogens is 2. The fourth-order valence-electron chi connectivity index (χ4n) is 3.37. The van der Waals surface area contributed by atoms with Crippen molar-refractivity contribution in [3.8, 4) is 11.4 Å². The van der Waals surface area contributed by atoms with Crippen LogP contribution in [0.5, 0.6) is 0 Å². The number of hydrogen-bond donors (Lipinski definition) is 0. The molecule has 25 heavy (non-hydrogen) atoms. The zero-order valence-electron chi connectivity index (χ0n) is 13.5. The molecule has 0 bridgehead atoms. The van der Waals surface area contributed by atoms with Crippen LogP contribution in [0.1, 0.15) is 11.6 Å². The van der Waals surface area contributed by atoms with Gasteiger partial charge in [-0.1, -0.05) is 11.6 Å². The van der Waals surface area contributed by atoms with E-state index in [2.05, 4.69) is 9.97 Å². The van der Waals surface area contributed by atoms with Crippen LogP contribution >= 0.6 is 11.6 Å². The number of hydrogen-bond acceptors (Lipinski definition) is 3. The van der Waals surface area contributed by atoms with Gasteiger partial charge in [0.05, 0.1) is 24.8 Å². The van der Waals surface area contributed by atoms with E-state index in [0.29, 0.717) is 35.5 Å². The van der Waals surface area contributed by atoms with Gasteiger partial charge in [0, 0.05) is 35.7 Å². The summed E-state index contributed by atoms with van der Waals surface area (Å²) in [5.41, 5.74) is 1.67. The summed E-state index contributed by atoms with van der Waals surface area (Å²) in [5, 5.41) is 0.374. The van der Waals surface area contributed by atoms with Crippen molar-refractivity contribution in [3.63, 3.8) is 0 Å². The van der Waals surface area contributed by atoms with Crippen LogP contribution in [0.25, 0.3) is 11.4 Å². The van der Waals surface area contributed by atoms with Crippen molar-refractivity contribution >= 4 is 11.6 Å². The molecule has 4 rings (SSSR count). The summed E-state index contributed by atoms with van der Waals surface area (Å²) in [6.07, 6.45) is 8.07. The van der Waals surface area contributed by atoms with Crippen molar-refractivity contribution in [2.24, 2.45) is 5.92 Å². The maximum absolute atomic E-state index is 14.3. The number of benzene rings is 1. The molecule has 0 spiro atoms. The molecule has 3 heterocycles. The predicted molar refractivity (Wildman–Crippen MR) is 93.9 cm³/mol. The second-order valence-corrected chi connectivity index (χ2v) is 6.64. The Labute approximate surface area is 150 Å². The van der Waals surface area contributed by atoms with Crippen LogP contribution in [0, 0.1) is 11.7 Å². The molecule has 1 aromatic carbocycles. The standard InChI is InChI=1S/C19H17ClFN3O/c20-15-1-2-16(17(21)10-15)19-23-7-8-24(19)18-12-25-11-14(18)9-13-3-5-22-6-4-13/h1-8,10,14,18H,9,11-12H2/t14-,18+/m0/s1.